The van der Waals surface area contributed by atoms with Crippen molar-refractivity contribution in [1.82, 2.24) is 15.1 Å². The lowest BCUT2D eigenvalue weighted by Gasteiger charge is -2.38. The molecule has 0 aliphatic carbocycles. The molecule has 1 aromatic rings. The van der Waals surface area contributed by atoms with Crippen LogP contribution in [0.1, 0.15) is 25.6 Å². The van der Waals surface area contributed by atoms with Crippen molar-refractivity contribution in [3.8, 4) is 0 Å². The lowest BCUT2D eigenvalue weighted by Crippen LogP contribution is -2.49. The van der Waals surface area contributed by atoms with E-state index in [9.17, 15) is 4.79 Å². The van der Waals surface area contributed by atoms with Crippen molar-refractivity contribution < 1.29 is 4.79 Å². The van der Waals surface area contributed by atoms with Gasteiger partial charge in [-0.1, -0.05) is 23.7 Å². The molecule has 1 aliphatic rings. The molecule has 1 heterocycles. The number of rotatable bonds is 4. The van der Waals surface area contributed by atoms with Crippen LogP contribution in [0.3, 0.4) is 0 Å². The van der Waals surface area contributed by atoms with Crippen LogP contribution >= 0.6 is 11.6 Å². The van der Waals surface area contributed by atoms with Crippen molar-refractivity contribution in [2.45, 2.75) is 25.6 Å². The Hall–Kier alpha value is -1.10. The second-order valence-electron chi connectivity index (χ2n) is 6.06. The zero-order valence-corrected chi connectivity index (χ0v) is 13.2. The second-order valence-corrected chi connectivity index (χ2v) is 6.50. The number of hydrogen-bond donors (Lipinski definition) is 1. The fraction of sp³-hybridized carbons (Fsp3) is 0.533. The molecule has 1 unspecified atom stereocenters. The van der Waals surface area contributed by atoms with Gasteiger partial charge in [0.15, 0.2) is 0 Å². The highest BCUT2D eigenvalue weighted by atomic mass is 35.5. The molecule has 20 heavy (non-hydrogen) atoms. The third kappa shape index (κ3) is 3.14. The summed E-state index contributed by atoms with van der Waals surface area (Å²) in [6.45, 7) is 5.34. The minimum absolute atomic E-state index is 0.0704. The van der Waals surface area contributed by atoms with Crippen LogP contribution in [0, 0.1) is 0 Å². The Morgan fingerprint density at radius 2 is 1.95 bits per heavy atom. The molecule has 5 heteroatoms. The van der Waals surface area contributed by atoms with Crippen LogP contribution in [0.4, 0.5) is 0 Å². The first-order valence-electron chi connectivity index (χ1n) is 6.77. The van der Waals surface area contributed by atoms with Crippen molar-refractivity contribution in [3.63, 3.8) is 0 Å². The Morgan fingerprint density at radius 1 is 1.35 bits per heavy atom. The molecule has 1 atom stereocenters. The Kier molecular flexibility index (Phi) is 4.37. The van der Waals surface area contributed by atoms with Gasteiger partial charge < -0.3 is 9.80 Å². The van der Waals surface area contributed by atoms with Crippen LogP contribution in [0.25, 0.3) is 0 Å². The number of benzene rings is 1. The van der Waals surface area contributed by atoms with E-state index in [4.69, 9.17) is 11.6 Å². The van der Waals surface area contributed by atoms with E-state index >= 15 is 0 Å². The number of halogens is 1. The first-order chi connectivity index (χ1) is 9.31. The molecule has 0 aromatic heterocycles. The van der Waals surface area contributed by atoms with Gasteiger partial charge in [-0.15, -0.1) is 0 Å². The van der Waals surface area contributed by atoms with Crippen LogP contribution in [0.5, 0.6) is 0 Å². The lowest BCUT2D eigenvalue weighted by molar-refractivity contribution is -0.129. The molecule has 0 radical (unpaired) electrons. The summed E-state index contributed by atoms with van der Waals surface area (Å²) in [5, 5.41) is 3.98. The minimum atomic E-state index is -0.0770. The van der Waals surface area contributed by atoms with Crippen LogP contribution in [-0.4, -0.2) is 48.4 Å². The zero-order valence-electron chi connectivity index (χ0n) is 12.5. The minimum Gasteiger partial charge on any atom is -0.320 e. The number of carbonyl (C=O) groups is 1. The number of hydrogen-bond acceptors (Lipinski definition) is 3. The van der Waals surface area contributed by atoms with Crippen molar-refractivity contribution in [1.29, 1.82) is 0 Å². The molecule has 1 fully saturated rings. The quantitative estimate of drug-likeness (QED) is 0.924. The van der Waals surface area contributed by atoms with E-state index in [1.54, 1.807) is 0 Å². The first kappa shape index (κ1) is 15.3. The third-order valence-corrected chi connectivity index (χ3v) is 4.28. The highest BCUT2D eigenvalue weighted by molar-refractivity contribution is 6.30. The largest absolute Gasteiger partial charge is 0.320 e. The van der Waals surface area contributed by atoms with Gasteiger partial charge in [0.2, 0.25) is 5.91 Å². The van der Waals surface area contributed by atoms with E-state index in [-0.39, 0.29) is 17.6 Å². The average Bonchev–Trinajstić information content (AvgIpc) is 2.72. The maximum atomic E-state index is 12.1. The molecular formula is C15H22ClN3O. The summed E-state index contributed by atoms with van der Waals surface area (Å²) in [5.41, 5.74) is 0.988. The maximum absolute atomic E-state index is 12.1. The molecule has 0 bridgehead atoms. The fourth-order valence-electron chi connectivity index (χ4n) is 2.22. The van der Waals surface area contributed by atoms with E-state index in [1.165, 1.54) is 0 Å². The monoisotopic (exact) mass is 295 g/mol. The Bertz CT molecular complexity index is 484. The van der Waals surface area contributed by atoms with Gasteiger partial charge in [-0.2, -0.15) is 0 Å². The molecule has 2 rings (SSSR count). The normalized spacial score (nSPS) is 20.0. The molecule has 1 aliphatic heterocycles. The van der Waals surface area contributed by atoms with Crippen molar-refractivity contribution in [2.24, 2.45) is 0 Å². The van der Waals surface area contributed by atoms with E-state index in [0.29, 0.717) is 18.1 Å². The third-order valence-electron chi connectivity index (χ3n) is 4.03. The van der Waals surface area contributed by atoms with Gasteiger partial charge in [-0.05, 0) is 45.6 Å². The van der Waals surface area contributed by atoms with E-state index in [0.717, 1.165) is 5.56 Å². The second kappa shape index (κ2) is 5.72. The number of nitrogens with one attached hydrogen (secondary N) is 1. The summed E-state index contributed by atoms with van der Waals surface area (Å²) in [6.07, 6.45) is -0.0704. The van der Waals surface area contributed by atoms with Crippen molar-refractivity contribution in [2.75, 3.05) is 27.2 Å². The maximum Gasteiger partial charge on any atom is 0.238 e. The van der Waals surface area contributed by atoms with Gasteiger partial charge in [-0.25, -0.2) is 0 Å². The smallest absolute Gasteiger partial charge is 0.238 e. The highest BCUT2D eigenvalue weighted by Crippen LogP contribution is 2.26. The van der Waals surface area contributed by atoms with E-state index in [2.05, 4.69) is 24.1 Å². The van der Waals surface area contributed by atoms with Gasteiger partial charge >= 0.3 is 0 Å². The molecule has 4 nitrogen and oxygen atoms in total. The number of nitrogens with zero attached hydrogens (tertiary/aromatic N) is 2. The SMILES string of the molecule is CN(C)C(C)(C)CN1C(=O)CNC1c1ccc(Cl)cc1. The van der Waals surface area contributed by atoms with Gasteiger partial charge in [0.25, 0.3) is 0 Å². The number of likely N-dealkylation sites (N-methyl/N-ethyl adjacent to an activating group) is 1. The van der Waals surface area contributed by atoms with Crippen LogP contribution < -0.4 is 5.32 Å². The lowest BCUT2D eigenvalue weighted by atomic mass is 10.0. The molecular weight excluding hydrogens is 274 g/mol. The van der Waals surface area contributed by atoms with E-state index in [1.807, 2.05) is 43.3 Å². The van der Waals surface area contributed by atoms with Gasteiger partial charge in [-0.3, -0.25) is 10.1 Å². The predicted molar refractivity (Wildman–Crippen MR) is 81.7 cm³/mol. The molecule has 0 spiro atoms. The van der Waals surface area contributed by atoms with E-state index < -0.39 is 0 Å². The zero-order chi connectivity index (χ0) is 14.9. The van der Waals surface area contributed by atoms with Gasteiger partial charge in [0.05, 0.1) is 6.54 Å². The molecule has 1 amide bonds. The summed E-state index contributed by atoms with van der Waals surface area (Å²) in [6, 6.07) is 7.65. The Balaban J connectivity index is 2.21. The average molecular weight is 296 g/mol. The summed E-state index contributed by atoms with van der Waals surface area (Å²) in [7, 11) is 4.07. The predicted octanol–water partition coefficient (Wildman–Crippen LogP) is 2.11. The number of amides is 1. The molecule has 0 saturated carbocycles. The van der Waals surface area contributed by atoms with Crippen molar-refractivity contribution in [3.05, 3.63) is 34.9 Å². The number of carbonyl (C=O) groups excluding carboxylic acids is 1. The summed E-state index contributed by atoms with van der Waals surface area (Å²) in [5.74, 6) is 0.139. The van der Waals surface area contributed by atoms with Gasteiger partial charge in [0, 0.05) is 17.1 Å². The summed E-state index contributed by atoms with van der Waals surface area (Å²) in [4.78, 5) is 16.2. The standard InChI is InChI=1S/C15H22ClN3O/c1-15(2,18(3)4)10-19-13(20)9-17-14(19)11-5-7-12(16)8-6-11/h5-8,14,17H,9-10H2,1-4H3. The summed E-state index contributed by atoms with van der Waals surface area (Å²) < 4.78 is 0. The van der Waals surface area contributed by atoms with Crippen LogP contribution in [0.2, 0.25) is 5.02 Å². The van der Waals surface area contributed by atoms with Crippen LogP contribution in [-0.2, 0) is 4.79 Å². The van der Waals surface area contributed by atoms with Crippen LogP contribution in [0.15, 0.2) is 24.3 Å². The molecule has 110 valence electrons. The topological polar surface area (TPSA) is 35.6 Å². The molecule has 1 N–H and O–H groups in total. The van der Waals surface area contributed by atoms with Gasteiger partial charge in [0.1, 0.15) is 6.17 Å². The van der Waals surface area contributed by atoms with Crippen molar-refractivity contribution >= 4 is 17.5 Å². The Morgan fingerprint density at radius 3 is 2.50 bits per heavy atom. The fourth-order valence-corrected chi connectivity index (χ4v) is 2.35. The highest BCUT2D eigenvalue weighted by Gasteiger charge is 2.36. The summed E-state index contributed by atoms with van der Waals surface area (Å²) >= 11 is 5.92. The molecule has 1 aromatic carbocycles. The first-order valence-corrected chi connectivity index (χ1v) is 7.15. The Labute approximate surface area is 125 Å². The molecule has 1 saturated heterocycles.